The lowest BCUT2D eigenvalue weighted by Crippen LogP contribution is -2.43. The van der Waals surface area contributed by atoms with Crippen molar-refractivity contribution in [1.29, 1.82) is 0 Å². The number of benzene rings is 1. The van der Waals surface area contributed by atoms with Gasteiger partial charge < -0.3 is 4.90 Å². The van der Waals surface area contributed by atoms with Crippen LogP contribution in [0.5, 0.6) is 0 Å². The van der Waals surface area contributed by atoms with Crippen LogP contribution in [-0.4, -0.2) is 33.7 Å². The molecule has 1 amide bonds. The van der Waals surface area contributed by atoms with E-state index in [0.717, 1.165) is 24.3 Å². The Kier molecular flexibility index (Phi) is 5.55. The van der Waals surface area contributed by atoms with E-state index in [-0.39, 0.29) is 11.5 Å². The first-order chi connectivity index (χ1) is 12.4. The number of carbonyl (C=O) groups is 1. The van der Waals surface area contributed by atoms with Crippen molar-refractivity contribution in [3.63, 3.8) is 0 Å². The molecule has 5 nitrogen and oxygen atoms in total. The highest BCUT2D eigenvalue weighted by molar-refractivity contribution is 5.76. The molecule has 0 spiro atoms. The zero-order valence-corrected chi connectivity index (χ0v) is 15.8. The van der Waals surface area contributed by atoms with Crippen LogP contribution in [0.1, 0.15) is 32.3 Å². The van der Waals surface area contributed by atoms with Gasteiger partial charge in [-0.3, -0.25) is 9.59 Å². The largest absolute Gasteiger partial charge is 0.342 e. The smallest absolute Gasteiger partial charge is 0.266 e. The summed E-state index contributed by atoms with van der Waals surface area (Å²) in [5.41, 5.74) is 2.72. The number of likely N-dealkylation sites (tertiary alicyclic amines) is 1. The molecule has 2 heterocycles. The molecule has 5 heteroatoms. The van der Waals surface area contributed by atoms with Crippen LogP contribution in [-0.2, 0) is 11.3 Å². The minimum Gasteiger partial charge on any atom is -0.342 e. The lowest BCUT2D eigenvalue weighted by atomic mass is 9.92. The summed E-state index contributed by atoms with van der Waals surface area (Å²) < 4.78 is 1.41. The molecule has 26 heavy (non-hydrogen) atoms. The van der Waals surface area contributed by atoms with Crippen LogP contribution in [0.3, 0.4) is 0 Å². The van der Waals surface area contributed by atoms with Gasteiger partial charge in [0.25, 0.3) is 5.56 Å². The molecule has 1 aliphatic rings. The number of aryl methyl sites for hydroxylation is 2. The average Bonchev–Trinajstić information content (AvgIpc) is 2.60. The van der Waals surface area contributed by atoms with Crippen LogP contribution in [0, 0.1) is 18.8 Å². The van der Waals surface area contributed by atoms with E-state index in [2.05, 4.69) is 18.9 Å². The van der Waals surface area contributed by atoms with Gasteiger partial charge in [0, 0.05) is 31.1 Å². The lowest BCUT2D eigenvalue weighted by Gasteiger charge is -2.35. The molecule has 2 atom stereocenters. The Morgan fingerprint density at radius 3 is 2.38 bits per heavy atom. The van der Waals surface area contributed by atoms with E-state index in [9.17, 15) is 9.59 Å². The predicted octanol–water partition coefficient (Wildman–Crippen LogP) is 3.11. The number of nitrogens with zero attached hydrogens (tertiary/aromatic N) is 3. The number of carbonyl (C=O) groups excluding carboxylic acids is 1. The Bertz CT molecular complexity index is 816. The van der Waals surface area contributed by atoms with E-state index in [1.54, 1.807) is 6.07 Å². The number of hydrogen-bond acceptors (Lipinski definition) is 3. The highest BCUT2D eigenvalue weighted by atomic mass is 16.2. The van der Waals surface area contributed by atoms with Gasteiger partial charge in [0.2, 0.25) is 5.91 Å². The second-order valence-electron chi connectivity index (χ2n) is 7.64. The van der Waals surface area contributed by atoms with Crippen LogP contribution < -0.4 is 5.56 Å². The van der Waals surface area contributed by atoms with E-state index >= 15 is 0 Å². The molecule has 2 aromatic rings. The van der Waals surface area contributed by atoms with Crippen LogP contribution in [0.4, 0.5) is 0 Å². The molecule has 1 aromatic heterocycles. The Morgan fingerprint density at radius 2 is 1.73 bits per heavy atom. The molecule has 1 fully saturated rings. The lowest BCUT2D eigenvalue weighted by molar-refractivity contribution is -0.134. The maximum atomic E-state index is 12.5. The van der Waals surface area contributed by atoms with Crippen molar-refractivity contribution in [2.45, 2.75) is 40.2 Å². The quantitative estimate of drug-likeness (QED) is 0.849. The Balaban J connectivity index is 1.69. The minimum absolute atomic E-state index is 0.109. The van der Waals surface area contributed by atoms with Crippen molar-refractivity contribution in [1.82, 2.24) is 14.7 Å². The number of rotatable bonds is 4. The maximum absolute atomic E-state index is 12.5. The summed E-state index contributed by atoms with van der Waals surface area (Å²) in [4.78, 5) is 26.6. The summed E-state index contributed by atoms with van der Waals surface area (Å²) in [5.74, 6) is 1.18. The number of hydrogen-bond donors (Lipinski definition) is 0. The summed E-state index contributed by atoms with van der Waals surface area (Å²) in [6.07, 6.45) is 1.48. The number of piperidine rings is 1. The molecule has 1 aliphatic heterocycles. The molecule has 0 unspecified atom stereocenters. The second-order valence-corrected chi connectivity index (χ2v) is 7.64. The fourth-order valence-electron chi connectivity index (χ4n) is 3.71. The fraction of sp³-hybridized carbons (Fsp3) is 0.476. The van der Waals surface area contributed by atoms with Crippen LogP contribution >= 0.6 is 0 Å². The third kappa shape index (κ3) is 4.40. The second kappa shape index (κ2) is 7.85. The Labute approximate surface area is 154 Å². The molecular weight excluding hydrogens is 326 g/mol. The van der Waals surface area contributed by atoms with Crippen molar-refractivity contribution in [3.05, 3.63) is 52.3 Å². The van der Waals surface area contributed by atoms with Gasteiger partial charge in [-0.25, -0.2) is 4.68 Å². The normalized spacial score (nSPS) is 20.2. The summed E-state index contributed by atoms with van der Waals surface area (Å²) in [5, 5.41) is 4.45. The number of amides is 1. The average molecular weight is 353 g/mol. The Hall–Kier alpha value is -2.43. The topological polar surface area (TPSA) is 55.2 Å². The van der Waals surface area contributed by atoms with Crippen molar-refractivity contribution >= 4 is 5.91 Å². The Morgan fingerprint density at radius 1 is 1.08 bits per heavy atom. The molecule has 1 aromatic carbocycles. The van der Waals surface area contributed by atoms with Gasteiger partial charge in [-0.15, -0.1) is 0 Å². The summed E-state index contributed by atoms with van der Waals surface area (Å²) in [7, 11) is 0. The molecule has 0 aliphatic carbocycles. The van der Waals surface area contributed by atoms with Gasteiger partial charge >= 0.3 is 0 Å². The molecule has 3 rings (SSSR count). The summed E-state index contributed by atoms with van der Waals surface area (Å²) in [6, 6.07) is 11.3. The number of aromatic nitrogens is 2. The van der Waals surface area contributed by atoms with Crippen LogP contribution in [0.15, 0.2) is 41.2 Å². The first kappa shape index (κ1) is 18.4. The minimum atomic E-state index is -0.172. The van der Waals surface area contributed by atoms with E-state index in [1.807, 2.05) is 36.1 Å². The highest BCUT2D eigenvalue weighted by Gasteiger charge is 2.25. The van der Waals surface area contributed by atoms with Crippen molar-refractivity contribution < 1.29 is 4.79 Å². The molecule has 0 bridgehead atoms. The zero-order valence-electron chi connectivity index (χ0n) is 15.8. The first-order valence-electron chi connectivity index (χ1n) is 9.35. The molecule has 138 valence electrons. The zero-order chi connectivity index (χ0) is 18.7. The van der Waals surface area contributed by atoms with Crippen molar-refractivity contribution in [3.8, 4) is 11.3 Å². The third-order valence-electron chi connectivity index (χ3n) is 4.97. The van der Waals surface area contributed by atoms with Gasteiger partial charge in [-0.2, -0.15) is 5.10 Å². The fourth-order valence-corrected chi connectivity index (χ4v) is 3.71. The standard InChI is InChI=1S/C21H27N3O2/c1-15-4-6-18(7-5-15)19-8-9-21(26)24(22-19)11-10-20(25)23-13-16(2)12-17(3)14-23/h4-9,16-17H,10-14H2,1-3H3/t16-,17+. The first-order valence-corrected chi connectivity index (χ1v) is 9.35. The highest BCUT2D eigenvalue weighted by Crippen LogP contribution is 2.21. The molecule has 0 N–H and O–H groups in total. The van der Waals surface area contributed by atoms with E-state index in [0.29, 0.717) is 24.8 Å². The summed E-state index contributed by atoms with van der Waals surface area (Å²) in [6.45, 7) is 8.35. The molecule has 1 saturated heterocycles. The molecule has 0 saturated carbocycles. The van der Waals surface area contributed by atoms with Crippen LogP contribution in [0.2, 0.25) is 0 Å². The maximum Gasteiger partial charge on any atom is 0.266 e. The van der Waals surface area contributed by atoms with Gasteiger partial charge in [-0.1, -0.05) is 43.7 Å². The van der Waals surface area contributed by atoms with Gasteiger partial charge in [0.05, 0.1) is 12.2 Å². The third-order valence-corrected chi connectivity index (χ3v) is 4.97. The van der Waals surface area contributed by atoms with E-state index in [1.165, 1.54) is 22.7 Å². The van der Waals surface area contributed by atoms with Crippen LogP contribution in [0.25, 0.3) is 11.3 Å². The van der Waals surface area contributed by atoms with Gasteiger partial charge in [0.1, 0.15) is 0 Å². The van der Waals surface area contributed by atoms with Gasteiger partial charge in [0.15, 0.2) is 0 Å². The summed E-state index contributed by atoms with van der Waals surface area (Å²) >= 11 is 0. The monoisotopic (exact) mass is 353 g/mol. The predicted molar refractivity (Wildman–Crippen MR) is 103 cm³/mol. The van der Waals surface area contributed by atoms with Crippen molar-refractivity contribution in [2.75, 3.05) is 13.1 Å². The SMILES string of the molecule is Cc1ccc(-c2ccc(=O)n(CCC(=O)N3C[C@H](C)C[C@H](C)C3)n2)cc1. The molecule has 0 radical (unpaired) electrons. The van der Waals surface area contributed by atoms with E-state index < -0.39 is 0 Å². The van der Waals surface area contributed by atoms with Crippen molar-refractivity contribution in [2.24, 2.45) is 11.8 Å². The van der Waals surface area contributed by atoms with E-state index in [4.69, 9.17) is 0 Å². The molecular formula is C21H27N3O2. The van der Waals surface area contributed by atoms with Gasteiger partial charge in [-0.05, 0) is 31.2 Å².